The predicted octanol–water partition coefficient (Wildman–Crippen LogP) is 1.79. The van der Waals surface area contributed by atoms with E-state index in [4.69, 9.17) is 0 Å². The van der Waals surface area contributed by atoms with E-state index in [-0.39, 0.29) is 21.7 Å². The summed E-state index contributed by atoms with van der Waals surface area (Å²) in [5.74, 6) is -0.941. The molecule has 2 aliphatic rings. The van der Waals surface area contributed by atoms with Crippen LogP contribution in [0.1, 0.15) is 20.0 Å². The molecule has 0 fully saturated rings. The van der Waals surface area contributed by atoms with Crippen molar-refractivity contribution in [3.63, 3.8) is 0 Å². The van der Waals surface area contributed by atoms with E-state index in [1.807, 2.05) is 4.90 Å². The van der Waals surface area contributed by atoms with Gasteiger partial charge in [-0.05, 0) is 30.0 Å². The average Bonchev–Trinajstić information content (AvgIpc) is 3.23. The molecule has 2 aliphatic heterocycles. The van der Waals surface area contributed by atoms with E-state index in [1.54, 1.807) is 18.2 Å². The highest BCUT2D eigenvalue weighted by Gasteiger charge is 2.33. The van der Waals surface area contributed by atoms with Gasteiger partial charge >= 0.3 is 5.97 Å². The Morgan fingerprint density at radius 2 is 2.15 bits per heavy atom. The highest BCUT2D eigenvalue weighted by Crippen LogP contribution is 2.42. The number of methoxy groups -OCH3 is 1. The number of nitrogens with zero attached hydrogens (tertiary/aromatic N) is 3. The Hall–Kier alpha value is -2.44. The van der Waals surface area contributed by atoms with Crippen molar-refractivity contribution in [2.75, 3.05) is 29.6 Å². The molecule has 0 radical (unpaired) electrons. The summed E-state index contributed by atoms with van der Waals surface area (Å²) in [6, 6.07) is 5.09. The van der Waals surface area contributed by atoms with E-state index in [0.717, 1.165) is 21.9 Å². The lowest BCUT2D eigenvalue weighted by molar-refractivity contribution is 0.0606. The molecule has 0 aliphatic carbocycles. The largest absolute Gasteiger partial charge is 0.465 e. The van der Waals surface area contributed by atoms with Gasteiger partial charge in [0.2, 0.25) is 0 Å². The SMILES string of the molecule is COC(=O)c1cnc(NC(=O)c2ccc3c(c2)SC2=NS(=O)(=O)CCN23)s1. The van der Waals surface area contributed by atoms with E-state index >= 15 is 0 Å². The number of thioether (sulfide) groups is 1. The van der Waals surface area contributed by atoms with E-state index in [0.29, 0.717) is 17.3 Å². The smallest absolute Gasteiger partial charge is 0.349 e. The number of esters is 1. The first-order valence-corrected chi connectivity index (χ1v) is 10.9. The molecule has 12 heteroatoms. The normalized spacial score (nSPS) is 16.9. The number of carbonyl (C=O) groups is 2. The van der Waals surface area contributed by atoms with Gasteiger partial charge in [0.05, 0.1) is 24.7 Å². The number of anilines is 2. The second-order valence-corrected chi connectivity index (χ2v) is 9.37. The summed E-state index contributed by atoms with van der Waals surface area (Å²) in [7, 11) is -2.16. The number of amidine groups is 1. The zero-order valence-electron chi connectivity index (χ0n) is 13.8. The number of aromatic nitrogens is 1. The van der Waals surface area contributed by atoms with Crippen LogP contribution >= 0.6 is 23.1 Å². The number of carbonyl (C=O) groups excluding carboxylic acids is 2. The Bertz CT molecular complexity index is 1090. The fraction of sp³-hybridized carbons (Fsp3) is 0.200. The van der Waals surface area contributed by atoms with Gasteiger partial charge in [0, 0.05) is 17.0 Å². The quantitative estimate of drug-likeness (QED) is 0.741. The standard InChI is InChI=1S/C15H12N4O5S3/c1-24-13(21)11-7-16-14(25-11)17-12(20)8-2-3-9-10(6-8)26-15-18-27(22,23)5-4-19(9)15/h2-3,6-7H,4-5H2,1H3,(H,16,17,20). The third-order valence-corrected chi connectivity index (χ3v) is 7.05. The van der Waals surface area contributed by atoms with Gasteiger partial charge < -0.3 is 9.64 Å². The summed E-state index contributed by atoms with van der Waals surface area (Å²) in [6.07, 6.45) is 1.33. The van der Waals surface area contributed by atoms with Crippen LogP contribution in [0, 0.1) is 0 Å². The molecule has 0 unspecified atom stereocenters. The summed E-state index contributed by atoms with van der Waals surface area (Å²) in [4.78, 5) is 30.8. The third-order valence-electron chi connectivity index (χ3n) is 3.85. The third kappa shape index (κ3) is 3.42. The minimum absolute atomic E-state index is 0.0364. The molecule has 3 heterocycles. The molecule has 0 spiro atoms. The Balaban J connectivity index is 1.54. The molecule has 9 nitrogen and oxygen atoms in total. The van der Waals surface area contributed by atoms with Crippen LogP contribution in [0.25, 0.3) is 0 Å². The Labute approximate surface area is 162 Å². The molecular formula is C15H12N4O5S3. The van der Waals surface area contributed by atoms with Gasteiger partial charge in [0.15, 0.2) is 10.3 Å². The van der Waals surface area contributed by atoms with Gasteiger partial charge in [0.1, 0.15) is 4.88 Å². The van der Waals surface area contributed by atoms with Crippen molar-refractivity contribution in [3.05, 3.63) is 34.8 Å². The molecule has 2 aromatic rings. The molecule has 1 N–H and O–H groups in total. The minimum atomic E-state index is -3.43. The number of hydrogen-bond donors (Lipinski definition) is 1. The Morgan fingerprint density at radius 1 is 1.33 bits per heavy atom. The number of ether oxygens (including phenoxy) is 1. The number of hydrogen-bond acceptors (Lipinski definition) is 9. The van der Waals surface area contributed by atoms with Crippen LogP contribution < -0.4 is 10.2 Å². The number of fused-ring (bicyclic) bond motifs is 3. The first kappa shape index (κ1) is 17.9. The first-order valence-electron chi connectivity index (χ1n) is 7.64. The lowest BCUT2D eigenvalue weighted by Crippen LogP contribution is -2.35. The molecule has 140 valence electrons. The van der Waals surface area contributed by atoms with Crippen LogP contribution in [0.4, 0.5) is 10.8 Å². The van der Waals surface area contributed by atoms with Gasteiger partial charge in [-0.25, -0.2) is 18.2 Å². The van der Waals surface area contributed by atoms with Crippen molar-refractivity contribution in [3.8, 4) is 0 Å². The molecule has 4 rings (SSSR count). The van der Waals surface area contributed by atoms with Gasteiger partial charge in [-0.15, -0.1) is 4.40 Å². The number of amides is 1. The zero-order chi connectivity index (χ0) is 19.2. The molecule has 1 amide bonds. The number of benzene rings is 1. The van der Waals surface area contributed by atoms with Crippen molar-refractivity contribution in [2.24, 2.45) is 4.40 Å². The molecule has 27 heavy (non-hydrogen) atoms. The maximum atomic E-state index is 12.5. The van der Waals surface area contributed by atoms with Gasteiger partial charge in [0.25, 0.3) is 15.9 Å². The molecule has 0 saturated carbocycles. The molecule has 1 aromatic carbocycles. The molecule has 0 bridgehead atoms. The summed E-state index contributed by atoms with van der Waals surface area (Å²) < 4.78 is 31.7. The van der Waals surface area contributed by atoms with E-state index in [1.165, 1.54) is 25.1 Å². The van der Waals surface area contributed by atoms with Crippen molar-refractivity contribution >= 4 is 61.0 Å². The van der Waals surface area contributed by atoms with Crippen molar-refractivity contribution in [1.82, 2.24) is 4.98 Å². The van der Waals surface area contributed by atoms with Crippen molar-refractivity contribution < 1.29 is 22.7 Å². The lowest BCUT2D eigenvalue weighted by atomic mass is 10.2. The van der Waals surface area contributed by atoms with Crippen molar-refractivity contribution in [1.29, 1.82) is 0 Å². The van der Waals surface area contributed by atoms with Crippen LogP contribution in [0.15, 0.2) is 33.7 Å². The molecule has 1 aromatic heterocycles. The fourth-order valence-electron chi connectivity index (χ4n) is 2.57. The predicted molar refractivity (Wildman–Crippen MR) is 102 cm³/mol. The number of thiazole rings is 1. The number of sulfonamides is 1. The fourth-order valence-corrected chi connectivity index (χ4v) is 5.59. The minimum Gasteiger partial charge on any atom is -0.465 e. The summed E-state index contributed by atoms with van der Waals surface area (Å²) in [6.45, 7) is 0.335. The Kier molecular flexibility index (Phi) is 4.40. The van der Waals surface area contributed by atoms with Gasteiger partial charge in [-0.1, -0.05) is 11.3 Å². The van der Waals surface area contributed by atoms with Gasteiger partial charge in [-0.3, -0.25) is 10.1 Å². The van der Waals surface area contributed by atoms with E-state index < -0.39 is 16.0 Å². The van der Waals surface area contributed by atoms with E-state index in [9.17, 15) is 18.0 Å². The Morgan fingerprint density at radius 3 is 2.93 bits per heavy atom. The number of rotatable bonds is 3. The van der Waals surface area contributed by atoms with Crippen LogP contribution in [-0.2, 0) is 14.8 Å². The molecule has 0 atom stereocenters. The highest BCUT2D eigenvalue weighted by atomic mass is 32.2. The van der Waals surface area contributed by atoms with Crippen LogP contribution in [0.5, 0.6) is 0 Å². The van der Waals surface area contributed by atoms with Gasteiger partial charge in [-0.2, -0.15) is 0 Å². The molecule has 0 saturated heterocycles. The average molecular weight is 424 g/mol. The lowest BCUT2D eigenvalue weighted by Gasteiger charge is -2.22. The number of nitrogens with one attached hydrogen (secondary N) is 1. The van der Waals surface area contributed by atoms with Crippen LogP contribution in [0.2, 0.25) is 0 Å². The highest BCUT2D eigenvalue weighted by molar-refractivity contribution is 8.15. The van der Waals surface area contributed by atoms with E-state index in [2.05, 4.69) is 19.4 Å². The topological polar surface area (TPSA) is 118 Å². The zero-order valence-corrected chi connectivity index (χ0v) is 16.3. The van der Waals surface area contributed by atoms with Crippen LogP contribution in [0.3, 0.4) is 0 Å². The second-order valence-electron chi connectivity index (χ2n) is 5.57. The monoisotopic (exact) mass is 424 g/mol. The summed E-state index contributed by atoms with van der Waals surface area (Å²) >= 11 is 2.23. The summed E-state index contributed by atoms with van der Waals surface area (Å²) in [5, 5.41) is 3.31. The maximum absolute atomic E-state index is 12.5. The first-order chi connectivity index (χ1) is 12.9. The van der Waals surface area contributed by atoms with Crippen molar-refractivity contribution in [2.45, 2.75) is 4.90 Å². The van der Waals surface area contributed by atoms with Crippen LogP contribution in [-0.4, -0.2) is 49.9 Å². The second kappa shape index (κ2) is 6.62. The summed E-state index contributed by atoms with van der Waals surface area (Å²) in [5.41, 5.74) is 1.21. The maximum Gasteiger partial charge on any atom is 0.349 e. The molecular weight excluding hydrogens is 412 g/mol.